The number of fused-ring (bicyclic) bond motifs is 2. The number of hydrogen-bond acceptors (Lipinski definition) is 11. The summed E-state index contributed by atoms with van der Waals surface area (Å²) < 4.78 is 7.88. The molecule has 0 radical (unpaired) electrons. The Morgan fingerprint density at radius 3 is 2.83 bits per heavy atom. The molecule has 1 saturated carbocycles. The number of carboxylic acid groups (broad SMARTS) is 1. The lowest BCUT2D eigenvalue weighted by Crippen LogP contribution is -2.71. The van der Waals surface area contributed by atoms with Crippen molar-refractivity contribution in [3.63, 3.8) is 0 Å². The van der Waals surface area contributed by atoms with Crippen LogP contribution in [0.3, 0.4) is 0 Å². The van der Waals surface area contributed by atoms with Crippen LogP contribution in [0.1, 0.15) is 44.1 Å². The van der Waals surface area contributed by atoms with Gasteiger partial charge in [-0.15, -0.1) is 16.3 Å². The SMILES string of the molecule is CC[n+]1ccn2nc(/C=C/C3=C(C(=O)O)N4C(=O)[C@@H](NC(=O)/C(=N\OC5CCCC5)c5nsc(N)n5)[C@H]4SC3)ccc21. The second kappa shape index (κ2) is 11.5. The Morgan fingerprint density at radius 2 is 2.12 bits per heavy atom. The predicted molar refractivity (Wildman–Crippen MR) is 154 cm³/mol. The molecule has 6 rings (SSSR count). The number of nitrogens with zero attached hydrogens (tertiary/aromatic N) is 7. The molecule has 1 aliphatic carbocycles. The van der Waals surface area contributed by atoms with Gasteiger partial charge in [0.2, 0.25) is 11.5 Å². The first-order chi connectivity index (χ1) is 20.3. The van der Waals surface area contributed by atoms with E-state index in [9.17, 15) is 19.5 Å². The lowest BCUT2D eigenvalue weighted by molar-refractivity contribution is -0.667. The van der Waals surface area contributed by atoms with Crippen LogP contribution < -0.4 is 15.6 Å². The molecule has 2 atom stereocenters. The van der Waals surface area contributed by atoms with Crippen LogP contribution in [0, 0.1) is 0 Å². The van der Waals surface area contributed by atoms with Gasteiger partial charge in [0.1, 0.15) is 35.1 Å². The molecule has 3 aromatic heterocycles. The molecule has 2 aliphatic heterocycles. The van der Waals surface area contributed by atoms with Crippen molar-refractivity contribution in [2.45, 2.75) is 56.7 Å². The Kier molecular flexibility index (Phi) is 7.64. The smallest absolute Gasteiger partial charge is 0.352 e. The number of thioether (sulfide) groups is 1. The summed E-state index contributed by atoms with van der Waals surface area (Å²) in [5.74, 6) is -2.15. The van der Waals surface area contributed by atoms with Crippen molar-refractivity contribution in [3.8, 4) is 0 Å². The Hall–Kier alpha value is -4.31. The summed E-state index contributed by atoms with van der Waals surface area (Å²) in [6.07, 6.45) is 10.8. The second-order valence-electron chi connectivity index (χ2n) is 9.93. The largest absolute Gasteiger partial charge is 0.477 e. The predicted octanol–water partition coefficient (Wildman–Crippen LogP) is 1.19. The van der Waals surface area contributed by atoms with Crippen molar-refractivity contribution in [1.29, 1.82) is 0 Å². The van der Waals surface area contributed by atoms with Gasteiger partial charge >= 0.3 is 11.6 Å². The number of aryl methyl sites for hydroxylation is 1. The van der Waals surface area contributed by atoms with E-state index < -0.39 is 29.2 Å². The molecule has 42 heavy (non-hydrogen) atoms. The third-order valence-electron chi connectivity index (χ3n) is 7.29. The summed E-state index contributed by atoms with van der Waals surface area (Å²) in [5.41, 5.74) is 7.44. The summed E-state index contributed by atoms with van der Waals surface area (Å²) in [7, 11) is 0. The minimum Gasteiger partial charge on any atom is -0.477 e. The monoisotopic (exact) mass is 610 g/mol. The topological polar surface area (TPSA) is 181 Å². The van der Waals surface area contributed by atoms with Crippen molar-refractivity contribution < 1.29 is 28.9 Å². The van der Waals surface area contributed by atoms with Crippen LogP contribution in [0.4, 0.5) is 5.13 Å². The number of rotatable bonds is 9. The lowest BCUT2D eigenvalue weighted by Gasteiger charge is -2.49. The molecule has 3 aromatic rings. The number of carboxylic acids is 1. The molecule has 218 valence electrons. The highest BCUT2D eigenvalue weighted by Gasteiger charge is 2.54. The molecular formula is C26H28N9O5S2+. The van der Waals surface area contributed by atoms with E-state index in [2.05, 4.69) is 29.5 Å². The van der Waals surface area contributed by atoms with E-state index >= 15 is 0 Å². The van der Waals surface area contributed by atoms with Crippen molar-refractivity contribution in [2.24, 2.45) is 5.16 Å². The lowest BCUT2D eigenvalue weighted by atomic mass is 10.0. The van der Waals surface area contributed by atoms with Gasteiger partial charge < -0.3 is 21.0 Å². The van der Waals surface area contributed by atoms with Crippen LogP contribution in [-0.2, 0) is 25.8 Å². The average molecular weight is 611 g/mol. The molecule has 0 spiro atoms. The number of anilines is 1. The average Bonchev–Trinajstić information content (AvgIpc) is 3.75. The fourth-order valence-corrected chi connectivity index (χ4v) is 6.91. The molecule has 0 bridgehead atoms. The maximum atomic E-state index is 13.3. The number of allylic oxidation sites excluding steroid dienone is 1. The van der Waals surface area contributed by atoms with Crippen molar-refractivity contribution in [3.05, 3.63) is 53.4 Å². The van der Waals surface area contributed by atoms with E-state index in [-0.39, 0.29) is 28.5 Å². The molecule has 3 aliphatic rings. The number of carbonyl (C=O) groups is 3. The van der Waals surface area contributed by atoms with E-state index in [1.807, 2.05) is 31.5 Å². The Morgan fingerprint density at radius 1 is 1.31 bits per heavy atom. The third kappa shape index (κ3) is 5.22. The summed E-state index contributed by atoms with van der Waals surface area (Å²) >= 11 is 2.27. The molecule has 0 aromatic carbocycles. The Bertz CT molecular complexity index is 1660. The number of β-lactam (4-membered cyclic amide) rings is 1. The van der Waals surface area contributed by atoms with Crippen LogP contribution in [0.2, 0.25) is 0 Å². The molecule has 0 unspecified atom stereocenters. The number of aliphatic carboxylic acids is 1. The van der Waals surface area contributed by atoms with E-state index in [0.717, 1.165) is 49.4 Å². The summed E-state index contributed by atoms with van der Waals surface area (Å²) in [6.45, 7) is 2.85. The molecule has 14 nitrogen and oxygen atoms in total. The molecule has 2 fully saturated rings. The summed E-state index contributed by atoms with van der Waals surface area (Å²) in [4.78, 5) is 49.6. The quantitative estimate of drug-likeness (QED) is 0.138. The molecule has 4 N–H and O–H groups in total. The fourth-order valence-electron chi connectivity index (χ4n) is 5.16. The normalized spacial score (nSPS) is 21.2. The first kappa shape index (κ1) is 27.8. The van der Waals surface area contributed by atoms with Crippen LogP contribution in [0.25, 0.3) is 11.7 Å². The number of carbonyl (C=O) groups excluding carboxylic acids is 2. The Balaban J connectivity index is 1.19. The zero-order chi connectivity index (χ0) is 29.4. The zero-order valence-corrected chi connectivity index (χ0v) is 24.2. The van der Waals surface area contributed by atoms with E-state index in [1.165, 1.54) is 16.7 Å². The fraction of sp³-hybridized carbons (Fsp3) is 0.385. The van der Waals surface area contributed by atoms with Crippen molar-refractivity contribution >= 4 is 63.6 Å². The number of imidazole rings is 1. The summed E-state index contributed by atoms with van der Waals surface area (Å²) in [6, 6.07) is 2.82. The number of nitrogen functional groups attached to an aromatic ring is 1. The summed E-state index contributed by atoms with van der Waals surface area (Å²) in [5, 5.41) is 20.9. The minimum atomic E-state index is -1.23. The molecule has 5 heterocycles. The second-order valence-corrected chi connectivity index (χ2v) is 11.8. The molecule has 16 heteroatoms. The van der Waals surface area contributed by atoms with Gasteiger partial charge in [-0.2, -0.15) is 9.36 Å². The van der Waals surface area contributed by atoms with E-state index in [1.54, 1.807) is 16.7 Å². The maximum Gasteiger partial charge on any atom is 0.352 e. The number of amides is 2. The van der Waals surface area contributed by atoms with Gasteiger partial charge in [-0.3, -0.25) is 14.5 Å². The van der Waals surface area contributed by atoms with E-state index in [4.69, 9.17) is 10.6 Å². The van der Waals surface area contributed by atoms with E-state index in [0.29, 0.717) is 17.0 Å². The van der Waals surface area contributed by atoms with Crippen molar-refractivity contribution in [2.75, 3.05) is 11.5 Å². The van der Waals surface area contributed by atoms with Gasteiger partial charge in [-0.05, 0) is 50.3 Å². The van der Waals surface area contributed by atoms with Gasteiger partial charge in [-0.1, -0.05) is 16.3 Å². The number of oxime groups is 1. The van der Waals surface area contributed by atoms with Gasteiger partial charge in [0.25, 0.3) is 11.8 Å². The molecule has 2 amide bonds. The standard InChI is InChI=1S/C26H27N9O5S2/c1-2-33-11-12-34-17(33)10-9-15(30-34)8-7-14-13-41-24-19(23(37)35(24)20(14)25(38)39)28-22(36)18(21-29-26(27)42-32-21)31-40-16-5-3-4-6-16/h7-12,16,19,24H,2-6,13H2,1H3,(H3-,27,28,29,32,36,38,39)/p+1/b8-7+,31-18-/t19-,24-/m1/s1. The highest BCUT2D eigenvalue weighted by Crippen LogP contribution is 2.40. The third-order valence-corrected chi connectivity index (χ3v) is 9.13. The molecular weight excluding hydrogens is 582 g/mol. The highest BCUT2D eigenvalue weighted by molar-refractivity contribution is 8.00. The Labute approximate surface area is 248 Å². The van der Waals surface area contributed by atoms with Gasteiger partial charge in [0, 0.05) is 23.4 Å². The highest BCUT2D eigenvalue weighted by atomic mass is 32.2. The first-order valence-electron chi connectivity index (χ1n) is 13.4. The maximum absolute atomic E-state index is 13.3. The van der Waals surface area contributed by atoms with Crippen LogP contribution in [-0.4, -0.2) is 75.7 Å². The minimum absolute atomic E-state index is 0.00249. The van der Waals surface area contributed by atoms with Crippen LogP contribution in [0.15, 0.2) is 47.0 Å². The van der Waals surface area contributed by atoms with Crippen molar-refractivity contribution in [1.82, 2.24) is 29.2 Å². The van der Waals surface area contributed by atoms with Crippen LogP contribution >= 0.6 is 23.3 Å². The van der Waals surface area contributed by atoms with Gasteiger partial charge in [0.05, 0.1) is 6.54 Å². The number of nitrogens with two attached hydrogens (primary N) is 1. The number of hydrogen-bond donors (Lipinski definition) is 3. The van der Waals surface area contributed by atoms with Crippen LogP contribution in [0.5, 0.6) is 0 Å². The van der Waals surface area contributed by atoms with Gasteiger partial charge in [-0.25, -0.2) is 9.36 Å². The number of nitrogens with one attached hydrogen (secondary N) is 1. The zero-order valence-electron chi connectivity index (χ0n) is 22.5. The first-order valence-corrected chi connectivity index (χ1v) is 15.3. The van der Waals surface area contributed by atoms with Gasteiger partial charge in [0.15, 0.2) is 11.3 Å². The number of aromatic nitrogens is 5. The molecule has 1 saturated heterocycles.